The third-order valence-corrected chi connectivity index (χ3v) is 3.86. The maximum atomic E-state index is 6.16. The maximum absolute atomic E-state index is 6.16. The molecule has 1 aromatic carbocycles. The lowest BCUT2D eigenvalue weighted by molar-refractivity contribution is 0.335. The third kappa shape index (κ3) is 3.62. The number of hydrogen-bond donors (Lipinski definition) is 2. The number of ether oxygens (including phenoxy) is 1. The average Bonchev–Trinajstić information content (AvgIpc) is 2.92. The molecule has 0 spiro atoms. The molecule has 5 heteroatoms. The van der Waals surface area contributed by atoms with E-state index in [0.29, 0.717) is 18.2 Å². The SMILES string of the molecule is CCOc1ccc(Cl)cc1C(CN)c1cc(C(C)(C)C)n[nH]1. The van der Waals surface area contributed by atoms with Crippen LogP contribution in [-0.4, -0.2) is 23.3 Å². The first kappa shape index (κ1) is 16.8. The van der Waals surface area contributed by atoms with E-state index in [0.717, 1.165) is 22.7 Å². The number of benzene rings is 1. The van der Waals surface area contributed by atoms with Gasteiger partial charge in [-0.2, -0.15) is 5.10 Å². The molecule has 1 aromatic heterocycles. The number of H-pyrrole nitrogens is 1. The van der Waals surface area contributed by atoms with Crippen molar-refractivity contribution in [1.29, 1.82) is 0 Å². The molecule has 120 valence electrons. The number of aromatic amines is 1. The van der Waals surface area contributed by atoms with Crippen molar-refractivity contribution in [3.05, 3.63) is 46.2 Å². The van der Waals surface area contributed by atoms with E-state index in [1.54, 1.807) is 0 Å². The van der Waals surface area contributed by atoms with E-state index in [4.69, 9.17) is 22.1 Å². The Hall–Kier alpha value is -1.52. The summed E-state index contributed by atoms with van der Waals surface area (Å²) in [5, 5.41) is 8.22. The first-order valence-electron chi connectivity index (χ1n) is 7.55. The Balaban J connectivity index is 2.44. The van der Waals surface area contributed by atoms with Gasteiger partial charge in [0.15, 0.2) is 0 Å². The Labute approximate surface area is 137 Å². The molecule has 2 aromatic rings. The van der Waals surface area contributed by atoms with Crippen molar-refractivity contribution in [2.45, 2.75) is 39.0 Å². The van der Waals surface area contributed by atoms with Crippen LogP contribution in [0.4, 0.5) is 0 Å². The summed E-state index contributed by atoms with van der Waals surface area (Å²) in [5.41, 5.74) is 9.00. The topological polar surface area (TPSA) is 63.9 Å². The monoisotopic (exact) mass is 321 g/mol. The van der Waals surface area contributed by atoms with E-state index in [9.17, 15) is 0 Å². The second kappa shape index (κ2) is 6.71. The van der Waals surface area contributed by atoms with E-state index in [2.05, 4.69) is 37.0 Å². The molecule has 4 nitrogen and oxygen atoms in total. The van der Waals surface area contributed by atoms with Gasteiger partial charge in [-0.1, -0.05) is 32.4 Å². The van der Waals surface area contributed by atoms with E-state index in [1.807, 2.05) is 25.1 Å². The number of aromatic nitrogens is 2. The summed E-state index contributed by atoms with van der Waals surface area (Å²) in [4.78, 5) is 0. The van der Waals surface area contributed by atoms with Gasteiger partial charge in [-0.15, -0.1) is 0 Å². The average molecular weight is 322 g/mol. The smallest absolute Gasteiger partial charge is 0.123 e. The fraction of sp³-hybridized carbons (Fsp3) is 0.471. The van der Waals surface area contributed by atoms with Gasteiger partial charge in [-0.05, 0) is 31.2 Å². The molecule has 0 saturated carbocycles. The van der Waals surface area contributed by atoms with Gasteiger partial charge in [0.05, 0.1) is 12.3 Å². The van der Waals surface area contributed by atoms with E-state index < -0.39 is 0 Å². The molecule has 2 rings (SSSR count). The van der Waals surface area contributed by atoms with Crippen molar-refractivity contribution < 1.29 is 4.74 Å². The Bertz CT molecular complexity index is 631. The van der Waals surface area contributed by atoms with Crippen LogP contribution in [0.25, 0.3) is 0 Å². The quantitative estimate of drug-likeness (QED) is 0.879. The van der Waals surface area contributed by atoms with E-state index in [-0.39, 0.29) is 11.3 Å². The first-order chi connectivity index (χ1) is 10.4. The largest absolute Gasteiger partial charge is 0.494 e. The molecule has 0 aliphatic rings. The van der Waals surface area contributed by atoms with Crippen LogP contribution in [0.1, 0.15) is 50.6 Å². The second-order valence-electron chi connectivity index (χ2n) is 6.36. The minimum atomic E-state index is -0.0242. The number of nitrogens with one attached hydrogen (secondary N) is 1. The Kier molecular flexibility index (Phi) is 5.14. The molecule has 0 radical (unpaired) electrons. The molecule has 0 fully saturated rings. The van der Waals surface area contributed by atoms with Gasteiger partial charge in [0.2, 0.25) is 0 Å². The molecular formula is C17H24ClN3O. The summed E-state index contributed by atoms with van der Waals surface area (Å²) in [6.07, 6.45) is 0. The molecule has 1 heterocycles. The number of nitrogens with two attached hydrogens (primary N) is 1. The fourth-order valence-electron chi connectivity index (χ4n) is 2.40. The fourth-order valence-corrected chi connectivity index (χ4v) is 2.58. The minimum absolute atomic E-state index is 0.00895. The van der Waals surface area contributed by atoms with Gasteiger partial charge in [0.25, 0.3) is 0 Å². The standard InChI is InChI=1S/C17H24ClN3O/c1-5-22-15-7-6-11(18)8-12(15)13(10-19)14-9-16(21-20-14)17(2,3)4/h6-9,13H,5,10,19H2,1-4H3,(H,20,21). The number of halogens is 1. The summed E-state index contributed by atoms with van der Waals surface area (Å²) >= 11 is 6.16. The summed E-state index contributed by atoms with van der Waals surface area (Å²) in [6, 6.07) is 7.72. The highest BCUT2D eigenvalue weighted by Crippen LogP contribution is 2.34. The number of nitrogens with zero attached hydrogens (tertiary/aromatic N) is 1. The van der Waals surface area contributed by atoms with Gasteiger partial charge < -0.3 is 10.5 Å². The molecule has 22 heavy (non-hydrogen) atoms. The molecule has 0 aliphatic carbocycles. The van der Waals surface area contributed by atoms with Gasteiger partial charge in [0.1, 0.15) is 5.75 Å². The minimum Gasteiger partial charge on any atom is -0.494 e. The summed E-state index contributed by atoms with van der Waals surface area (Å²) in [5.74, 6) is 0.790. The van der Waals surface area contributed by atoms with Gasteiger partial charge in [0, 0.05) is 34.2 Å². The van der Waals surface area contributed by atoms with Crippen LogP contribution in [0.3, 0.4) is 0 Å². The molecular weight excluding hydrogens is 298 g/mol. The van der Waals surface area contributed by atoms with Crippen LogP contribution >= 0.6 is 11.6 Å². The molecule has 0 aliphatic heterocycles. The summed E-state index contributed by atoms with van der Waals surface area (Å²) < 4.78 is 5.72. The lowest BCUT2D eigenvalue weighted by Gasteiger charge is -2.18. The Morgan fingerprint density at radius 1 is 1.32 bits per heavy atom. The second-order valence-corrected chi connectivity index (χ2v) is 6.80. The van der Waals surface area contributed by atoms with Crippen LogP contribution in [0.15, 0.2) is 24.3 Å². The Morgan fingerprint density at radius 2 is 2.05 bits per heavy atom. The third-order valence-electron chi connectivity index (χ3n) is 3.62. The molecule has 1 atom stereocenters. The maximum Gasteiger partial charge on any atom is 0.123 e. The van der Waals surface area contributed by atoms with Gasteiger partial charge >= 0.3 is 0 Å². The summed E-state index contributed by atoms with van der Waals surface area (Å²) in [6.45, 7) is 9.42. The van der Waals surface area contributed by atoms with Crippen molar-refractivity contribution in [1.82, 2.24) is 10.2 Å². The van der Waals surface area contributed by atoms with Crippen LogP contribution in [-0.2, 0) is 5.41 Å². The highest BCUT2D eigenvalue weighted by atomic mass is 35.5. The summed E-state index contributed by atoms with van der Waals surface area (Å²) in [7, 11) is 0. The van der Waals surface area contributed by atoms with Crippen LogP contribution in [0.2, 0.25) is 5.02 Å². The van der Waals surface area contributed by atoms with Crippen molar-refractivity contribution >= 4 is 11.6 Å². The van der Waals surface area contributed by atoms with Crippen molar-refractivity contribution in [3.63, 3.8) is 0 Å². The highest BCUT2D eigenvalue weighted by molar-refractivity contribution is 6.30. The van der Waals surface area contributed by atoms with E-state index in [1.165, 1.54) is 0 Å². The van der Waals surface area contributed by atoms with Crippen LogP contribution < -0.4 is 10.5 Å². The first-order valence-corrected chi connectivity index (χ1v) is 7.92. The lowest BCUT2D eigenvalue weighted by Crippen LogP contribution is -2.16. The van der Waals surface area contributed by atoms with Crippen molar-refractivity contribution in [2.24, 2.45) is 5.73 Å². The molecule has 0 bridgehead atoms. The zero-order valence-electron chi connectivity index (χ0n) is 13.6. The van der Waals surface area contributed by atoms with Crippen LogP contribution in [0, 0.1) is 0 Å². The van der Waals surface area contributed by atoms with Crippen molar-refractivity contribution in [2.75, 3.05) is 13.2 Å². The predicted octanol–water partition coefficient (Wildman–Crippen LogP) is 3.85. The zero-order valence-corrected chi connectivity index (χ0v) is 14.4. The Morgan fingerprint density at radius 3 is 2.59 bits per heavy atom. The van der Waals surface area contributed by atoms with E-state index >= 15 is 0 Å². The van der Waals surface area contributed by atoms with Gasteiger partial charge in [-0.3, -0.25) is 5.10 Å². The van der Waals surface area contributed by atoms with Crippen molar-refractivity contribution in [3.8, 4) is 5.75 Å². The number of hydrogen-bond acceptors (Lipinski definition) is 3. The molecule has 0 saturated heterocycles. The molecule has 0 amide bonds. The lowest BCUT2D eigenvalue weighted by atomic mass is 9.89. The number of rotatable bonds is 5. The predicted molar refractivity (Wildman–Crippen MR) is 90.8 cm³/mol. The highest BCUT2D eigenvalue weighted by Gasteiger charge is 2.23. The van der Waals surface area contributed by atoms with Crippen LogP contribution in [0.5, 0.6) is 5.75 Å². The molecule has 3 N–H and O–H groups in total. The zero-order chi connectivity index (χ0) is 16.3. The normalized spacial score (nSPS) is 13.2. The molecule has 1 unspecified atom stereocenters. The van der Waals surface area contributed by atoms with Gasteiger partial charge in [-0.25, -0.2) is 0 Å².